The Morgan fingerprint density at radius 3 is 2.36 bits per heavy atom. The molecule has 2 aromatic rings. The molecule has 1 heterocycles. The van der Waals surface area contributed by atoms with E-state index in [-0.39, 0.29) is 12.1 Å². The Hall–Kier alpha value is -2.49. The topological polar surface area (TPSA) is 38.8 Å². The van der Waals surface area contributed by atoms with E-state index in [0.717, 1.165) is 36.4 Å². The predicted octanol–water partition coefficient (Wildman–Crippen LogP) is 4.14. The van der Waals surface area contributed by atoms with E-state index in [2.05, 4.69) is 4.90 Å². The molecule has 1 fully saturated rings. The Morgan fingerprint density at radius 1 is 1.08 bits per heavy atom. The molecule has 1 saturated heterocycles. The monoisotopic (exact) mass is 339 g/mol. The fraction of sp³-hybridized carbons (Fsp3) is 0.381. The molecule has 1 aliphatic rings. The Morgan fingerprint density at radius 2 is 1.76 bits per heavy atom. The molecule has 0 saturated carbocycles. The number of ether oxygens (including phenoxy) is 2. The van der Waals surface area contributed by atoms with E-state index in [1.807, 2.05) is 68.4 Å². The number of benzene rings is 2. The van der Waals surface area contributed by atoms with E-state index in [1.165, 1.54) is 0 Å². The number of hydrogen-bond donors (Lipinski definition) is 0. The first-order valence-corrected chi connectivity index (χ1v) is 8.76. The number of nitrogens with zero attached hydrogens (tertiary/aromatic N) is 1. The van der Waals surface area contributed by atoms with Gasteiger partial charge in [0.2, 0.25) is 0 Å². The Labute approximate surface area is 149 Å². The first kappa shape index (κ1) is 17.3. The maximum atomic E-state index is 13.2. The second-order valence-electron chi connectivity index (χ2n) is 6.63. The van der Waals surface area contributed by atoms with Crippen molar-refractivity contribution in [3.8, 4) is 5.75 Å². The Bertz CT molecular complexity index is 712. The van der Waals surface area contributed by atoms with E-state index in [1.54, 1.807) is 7.11 Å². The minimum absolute atomic E-state index is 0.147. The number of hydrogen-bond acceptors (Lipinski definition) is 4. The van der Waals surface area contributed by atoms with E-state index in [9.17, 15) is 4.79 Å². The molecule has 2 aromatic carbocycles. The van der Waals surface area contributed by atoms with Crippen molar-refractivity contribution in [2.24, 2.45) is 0 Å². The molecule has 1 aliphatic heterocycles. The fourth-order valence-electron chi connectivity index (χ4n) is 3.59. The van der Waals surface area contributed by atoms with Gasteiger partial charge in [-0.3, -0.25) is 0 Å². The quantitative estimate of drug-likeness (QED) is 0.768. The van der Waals surface area contributed by atoms with Crippen molar-refractivity contribution in [1.29, 1.82) is 0 Å². The van der Waals surface area contributed by atoms with Gasteiger partial charge in [0.1, 0.15) is 5.75 Å². The Kier molecular flexibility index (Phi) is 4.98. The van der Waals surface area contributed by atoms with Gasteiger partial charge in [0.15, 0.2) is 5.54 Å². The van der Waals surface area contributed by atoms with Crippen LogP contribution in [-0.4, -0.2) is 25.7 Å². The molecule has 1 atom stereocenters. The third-order valence-corrected chi connectivity index (χ3v) is 4.70. The van der Waals surface area contributed by atoms with Gasteiger partial charge >= 0.3 is 5.97 Å². The molecule has 0 aromatic heterocycles. The highest BCUT2D eigenvalue weighted by atomic mass is 16.5. The number of esters is 1. The van der Waals surface area contributed by atoms with Crippen LogP contribution in [0.25, 0.3) is 0 Å². The summed E-state index contributed by atoms with van der Waals surface area (Å²) in [5.41, 5.74) is 1.21. The van der Waals surface area contributed by atoms with Gasteiger partial charge < -0.3 is 14.4 Å². The lowest BCUT2D eigenvalue weighted by atomic mass is 9.86. The lowest BCUT2D eigenvalue weighted by Gasteiger charge is -2.38. The van der Waals surface area contributed by atoms with Gasteiger partial charge in [-0.2, -0.15) is 0 Å². The summed E-state index contributed by atoms with van der Waals surface area (Å²) in [7, 11) is 1.65. The molecule has 4 heteroatoms. The number of rotatable bonds is 5. The highest BCUT2D eigenvalue weighted by Crippen LogP contribution is 2.43. The van der Waals surface area contributed by atoms with Crippen molar-refractivity contribution in [1.82, 2.24) is 0 Å². The van der Waals surface area contributed by atoms with Crippen molar-refractivity contribution >= 4 is 11.7 Å². The third-order valence-electron chi connectivity index (χ3n) is 4.70. The van der Waals surface area contributed by atoms with E-state index in [0.29, 0.717) is 0 Å². The minimum Gasteiger partial charge on any atom is -0.497 e. The molecule has 4 nitrogen and oxygen atoms in total. The summed E-state index contributed by atoms with van der Waals surface area (Å²) < 4.78 is 10.9. The van der Waals surface area contributed by atoms with E-state index in [4.69, 9.17) is 9.47 Å². The van der Waals surface area contributed by atoms with Gasteiger partial charge in [0, 0.05) is 12.2 Å². The average molecular weight is 339 g/mol. The highest BCUT2D eigenvalue weighted by molar-refractivity contribution is 5.88. The standard InChI is InChI=1S/C21H25NO3/c1-16(2)25-20(23)21(17-8-5-4-6-9-17)14-7-15-22(21)18-10-12-19(24-3)13-11-18/h4-6,8-13,16H,7,14-15H2,1-3H3/t21-/m0/s1. The van der Waals surface area contributed by atoms with Gasteiger partial charge in [-0.15, -0.1) is 0 Å². The molecule has 0 bridgehead atoms. The summed E-state index contributed by atoms with van der Waals surface area (Å²) in [6.07, 6.45) is 1.54. The summed E-state index contributed by atoms with van der Waals surface area (Å²) in [5.74, 6) is 0.625. The van der Waals surface area contributed by atoms with Gasteiger partial charge in [-0.1, -0.05) is 30.3 Å². The van der Waals surface area contributed by atoms with Crippen molar-refractivity contribution in [3.63, 3.8) is 0 Å². The molecule has 0 N–H and O–H groups in total. The minimum atomic E-state index is -0.778. The molecular formula is C21H25NO3. The van der Waals surface area contributed by atoms with Crippen molar-refractivity contribution < 1.29 is 14.3 Å². The van der Waals surface area contributed by atoms with Crippen LogP contribution in [0.5, 0.6) is 5.75 Å². The number of carbonyl (C=O) groups excluding carboxylic acids is 1. The maximum absolute atomic E-state index is 13.2. The van der Waals surface area contributed by atoms with Crippen molar-refractivity contribution in [2.45, 2.75) is 38.3 Å². The summed E-state index contributed by atoms with van der Waals surface area (Å²) in [4.78, 5) is 15.4. The number of anilines is 1. The van der Waals surface area contributed by atoms with Gasteiger partial charge in [0.25, 0.3) is 0 Å². The van der Waals surface area contributed by atoms with Gasteiger partial charge in [-0.05, 0) is 56.5 Å². The van der Waals surface area contributed by atoms with Crippen molar-refractivity contribution in [2.75, 3.05) is 18.6 Å². The SMILES string of the molecule is COc1ccc(N2CCC[C@@]2(C(=O)OC(C)C)c2ccccc2)cc1. The van der Waals surface area contributed by atoms with Crippen LogP contribution in [0.1, 0.15) is 32.3 Å². The van der Waals surface area contributed by atoms with Crippen LogP contribution in [0.4, 0.5) is 5.69 Å². The zero-order valence-corrected chi connectivity index (χ0v) is 15.1. The summed E-state index contributed by atoms with van der Waals surface area (Å²) in [5, 5.41) is 0. The second kappa shape index (κ2) is 7.18. The van der Waals surface area contributed by atoms with E-state index >= 15 is 0 Å². The van der Waals surface area contributed by atoms with E-state index < -0.39 is 5.54 Å². The third kappa shape index (κ3) is 3.21. The highest BCUT2D eigenvalue weighted by Gasteiger charge is 2.50. The predicted molar refractivity (Wildman–Crippen MR) is 98.9 cm³/mol. The Balaban J connectivity index is 2.07. The molecule has 25 heavy (non-hydrogen) atoms. The fourth-order valence-corrected chi connectivity index (χ4v) is 3.59. The first-order chi connectivity index (χ1) is 12.1. The number of methoxy groups -OCH3 is 1. The second-order valence-corrected chi connectivity index (χ2v) is 6.63. The molecule has 0 spiro atoms. The average Bonchev–Trinajstić information content (AvgIpc) is 3.08. The van der Waals surface area contributed by atoms with Crippen LogP contribution in [0.2, 0.25) is 0 Å². The lowest BCUT2D eigenvalue weighted by Crippen LogP contribution is -2.49. The zero-order valence-electron chi connectivity index (χ0n) is 15.1. The van der Waals surface area contributed by atoms with Crippen LogP contribution in [0.15, 0.2) is 54.6 Å². The first-order valence-electron chi connectivity index (χ1n) is 8.76. The van der Waals surface area contributed by atoms with Crippen LogP contribution in [0.3, 0.4) is 0 Å². The largest absolute Gasteiger partial charge is 0.497 e. The molecule has 0 radical (unpaired) electrons. The van der Waals surface area contributed by atoms with Crippen LogP contribution in [-0.2, 0) is 15.1 Å². The smallest absolute Gasteiger partial charge is 0.336 e. The zero-order chi connectivity index (χ0) is 17.9. The molecule has 0 amide bonds. The maximum Gasteiger partial charge on any atom is 0.336 e. The molecule has 0 aliphatic carbocycles. The molecule has 0 unspecified atom stereocenters. The van der Waals surface area contributed by atoms with Crippen LogP contribution < -0.4 is 9.64 Å². The molecule has 3 rings (SSSR count). The summed E-state index contributed by atoms with van der Waals surface area (Å²) >= 11 is 0. The number of carbonyl (C=O) groups is 1. The van der Waals surface area contributed by atoms with Gasteiger partial charge in [-0.25, -0.2) is 4.79 Å². The lowest BCUT2D eigenvalue weighted by molar-refractivity contribution is -0.154. The summed E-state index contributed by atoms with van der Waals surface area (Å²) in [6.45, 7) is 4.60. The molecular weight excluding hydrogens is 314 g/mol. The summed E-state index contributed by atoms with van der Waals surface area (Å²) in [6, 6.07) is 17.8. The molecule has 132 valence electrons. The van der Waals surface area contributed by atoms with Gasteiger partial charge in [0.05, 0.1) is 13.2 Å². The normalized spacial score (nSPS) is 19.9. The van der Waals surface area contributed by atoms with Crippen LogP contribution >= 0.6 is 0 Å². The van der Waals surface area contributed by atoms with Crippen molar-refractivity contribution in [3.05, 3.63) is 60.2 Å². The van der Waals surface area contributed by atoms with Crippen LogP contribution in [0, 0.1) is 0 Å².